The minimum Gasteiger partial charge on any atom is -0.395 e. The third-order valence-corrected chi connectivity index (χ3v) is 5.34. The summed E-state index contributed by atoms with van der Waals surface area (Å²) in [5.74, 6) is -0.443. The number of nitrogens with zero attached hydrogens (tertiary/aromatic N) is 1. The van der Waals surface area contributed by atoms with Crippen LogP contribution in [0.15, 0.2) is 17.0 Å². The molecule has 0 unspecified atom stereocenters. The van der Waals surface area contributed by atoms with Gasteiger partial charge in [0.25, 0.3) is 0 Å². The Labute approximate surface area is 120 Å². The lowest BCUT2D eigenvalue weighted by Crippen LogP contribution is -2.35. The quantitative estimate of drug-likeness (QED) is 0.840. The van der Waals surface area contributed by atoms with Crippen LogP contribution < -0.4 is 0 Å². The molecule has 1 aromatic carbocycles. The number of hydrogen-bond donors (Lipinski definition) is 1. The van der Waals surface area contributed by atoms with Gasteiger partial charge in [0.1, 0.15) is 5.82 Å². The van der Waals surface area contributed by atoms with Gasteiger partial charge in [-0.15, -0.1) is 0 Å². The molecule has 0 atom stereocenters. The summed E-state index contributed by atoms with van der Waals surface area (Å²) in [7, 11) is -3.71. The van der Waals surface area contributed by atoms with E-state index in [0.29, 0.717) is 17.7 Å². The van der Waals surface area contributed by atoms with E-state index in [9.17, 15) is 12.8 Å². The molecular formula is C14H22FNO3S. The third-order valence-electron chi connectivity index (χ3n) is 3.13. The van der Waals surface area contributed by atoms with Crippen LogP contribution in [0.4, 0.5) is 4.39 Å². The number of aliphatic hydroxyl groups excluding tert-OH is 1. The molecule has 1 N–H and O–H groups in total. The van der Waals surface area contributed by atoms with E-state index >= 15 is 0 Å². The van der Waals surface area contributed by atoms with E-state index < -0.39 is 15.8 Å². The molecule has 1 aromatic rings. The van der Waals surface area contributed by atoms with Crippen LogP contribution in [0.5, 0.6) is 0 Å². The molecule has 0 saturated heterocycles. The second-order valence-corrected chi connectivity index (χ2v) is 6.72. The molecular weight excluding hydrogens is 281 g/mol. The van der Waals surface area contributed by atoms with Crippen molar-refractivity contribution in [3.63, 3.8) is 0 Å². The number of benzene rings is 1. The number of rotatable bonds is 7. The van der Waals surface area contributed by atoms with Gasteiger partial charge in [-0.3, -0.25) is 0 Å². The average Bonchev–Trinajstić information content (AvgIpc) is 2.32. The van der Waals surface area contributed by atoms with Crippen molar-refractivity contribution >= 4 is 10.0 Å². The van der Waals surface area contributed by atoms with Crippen LogP contribution in [-0.4, -0.2) is 37.5 Å². The van der Waals surface area contributed by atoms with Crippen LogP contribution in [0.25, 0.3) is 0 Å². The van der Waals surface area contributed by atoms with Gasteiger partial charge in [0.05, 0.1) is 11.5 Å². The molecule has 0 heterocycles. The van der Waals surface area contributed by atoms with Crippen LogP contribution >= 0.6 is 0 Å². The average molecular weight is 303 g/mol. The maximum absolute atomic E-state index is 13.3. The molecule has 0 aliphatic carbocycles. The van der Waals surface area contributed by atoms with E-state index in [0.717, 1.165) is 12.8 Å². The lowest BCUT2D eigenvalue weighted by molar-refractivity contribution is 0.252. The number of hydrogen-bond acceptors (Lipinski definition) is 3. The highest BCUT2D eigenvalue weighted by Crippen LogP contribution is 2.25. The van der Waals surface area contributed by atoms with Crippen LogP contribution in [0.2, 0.25) is 0 Å². The first-order valence-corrected chi connectivity index (χ1v) is 8.16. The number of unbranched alkanes of at least 4 members (excludes halogenated alkanes) is 1. The second-order valence-electron chi connectivity index (χ2n) is 4.85. The van der Waals surface area contributed by atoms with Gasteiger partial charge in [0.2, 0.25) is 10.0 Å². The van der Waals surface area contributed by atoms with Crippen LogP contribution in [0.1, 0.15) is 30.9 Å². The van der Waals surface area contributed by atoms with Gasteiger partial charge in [-0.1, -0.05) is 13.3 Å². The standard InChI is InChI=1S/C14H22FNO3S/c1-4-5-6-16(7-8-17)20(18,19)14-11(2)9-13(15)10-12(14)3/h9-10,17H,4-8H2,1-3H3. The highest BCUT2D eigenvalue weighted by Gasteiger charge is 2.27. The van der Waals surface area contributed by atoms with Crippen LogP contribution in [0.3, 0.4) is 0 Å². The molecule has 0 aromatic heterocycles. The molecule has 0 radical (unpaired) electrons. The lowest BCUT2D eigenvalue weighted by atomic mass is 10.1. The minimum atomic E-state index is -3.71. The first kappa shape index (κ1) is 17.1. The predicted octanol–water partition coefficient (Wildman–Crippen LogP) is 2.23. The van der Waals surface area contributed by atoms with Gasteiger partial charge in [-0.2, -0.15) is 4.31 Å². The molecule has 20 heavy (non-hydrogen) atoms. The van der Waals surface area contributed by atoms with Crippen molar-refractivity contribution in [2.45, 2.75) is 38.5 Å². The van der Waals surface area contributed by atoms with E-state index in [4.69, 9.17) is 5.11 Å². The SMILES string of the molecule is CCCCN(CCO)S(=O)(=O)c1c(C)cc(F)cc1C. The van der Waals surface area contributed by atoms with Gasteiger partial charge in [0, 0.05) is 13.1 Å². The fourth-order valence-electron chi connectivity index (χ4n) is 2.23. The van der Waals surface area contributed by atoms with Crippen molar-refractivity contribution in [3.05, 3.63) is 29.1 Å². The van der Waals surface area contributed by atoms with Gasteiger partial charge in [-0.05, 0) is 43.5 Å². The summed E-state index contributed by atoms with van der Waals surface area (Å²) in [6.07, 6.45) is 1.58. The largest absolute Gasteiger partial charge is 0.395 e. The Bertz CT molecular complexity index is 535. The van der Waals surface area contributed by atoms with E-state index in [2.05, 4.69) is 0 Å². The predicted molar refractivity (Wildman–Crippen MR) is 76.6 cm³/mol. The number of aryl methyl sites for hydroxylation is 2. The molecule has 114 valence electrons. The molecule has 0 saturated carbocycles. The highest BCUT2D eigenvalue weighted by atomic mass is 32.2. The zero-order valence-electron chi connectivity index (χ0n) is 12.2. The molecule has 0 aliphatic heterocycles. The zero-order valence-corrected chi connectivity index (χ0v) is 13.0. The fourth-order valence-corrected chi connectivity index (χ4v) is 4.11. The maximum atomic E-state index is 13.3. The number of sulfonamides is 1. The summed E-state index contributed by atoms with van der Waals surface area (Å²) in [4.78, 5) is 0.142. The van der Waals surface area contributed by atoms with Gasteiger partial charge in [-0.25, -0.2) is 12.8 Å². The molecule has 0 amide bonds. The first-order valence-electron chi connectivity index (χ1n) is 6.72. The summed E-state index contributed by atoms with van der Waals surface area (Å²) in [6.45, 7) is 5.31. The summed E-state index contributed by atoms with van der Waals surface area (Å²) in [5, 5.41) is 9.06. The summed E-state index contributed by atoms with van der Waals surface area (Å²) in [6, 6.07) is 2.44. The van der Waals surface area contributed by atoms with Gasteiger partial charge < -0.3 is 5.11 Å². The van der Waals surface area contributed by atoms with Crippen molar-refractivity contribution < 1.29 is 17.9 Å². The van der Waals surface area contributed by atoms with Crippen molar-refractivity contribution in [1.29, 1.82) is 0 Å². The number of aliphatic hydroxyl groups is 1. The Morgan fingerprint density at radius 3 is 2.20 bits per heavy atom. The monoisotopic (exact) mass is 303 g/mol. The van der Waals surface area contributed by atoms with Gasteiger partial charge >= 0.3 is 0 Å². The fraction of sp³-hybridized carbons (Fsp3) is 0.571. The molecule has 0 spiro atoms. The zero-order chi connectivity index (χ0) is 15.3. The molecule has 1 rings (SSSR count). The third kappa shape index (κ3) is 3.77. The highest BCUT2D eigenvalue weighted by molar-refractivity contribution is 7.89. The normalized spacial score (nSPS) is 12.1. The van der Waals surface area contributed by atoms with E-state index in [1.54, 1.807) is 13.8 Å². The number of halogens is 1. The molecule has 0 aliphatic rings. The van der Waals surface area contributed by atoms with Crippen LogP contribution in [-0.2, 0) is 10.0 Å². The van der Waals surface area contributed by atoms with Crippen molar-refractivity contribution in [2.24, 2.45) is 0 Å². The van der Waals surface area contributed by atoms with E-state index in [1.807, 2.05) is 6.92 Å². The molecule has 6 heteroatoms. The minimum absolute atomic E-state index is 0.0542. The van der Waals surface area contributed by atoms with Crippen LogP contribution in [0, 0.1) is 19.7 Å². The summed E-state index contributed by atoms with van der Waals surface area (Å²) in [5.41, 5.74) is 0.781. The van der Waals surface area contributed by atoms with Crippen molar-refractivity contribution in [2.75, 3.05) is 19.7 Å². The maximum Gasteiger partial charge on any atom is 0.243 e. The Balaban J connectivity index is 3.26. The second kappa shape index (κ2) is 7.15. The molecule has 4 nitrogen and oxygen atoms in total. The Kier molecular flexibility index (Phi) is 6.10. The van der Waals surface area contributed by atoms with Crippen molar-refractivity contribution in [1.82, 2.24) is 4.31 Å². The Morgan fingerprint density at radius 1 is 1.20 bits per heavy atom. The Hall–Kier alpha value is -0.980. The van der Waals surface area contributed by atoms with E-state index in [1.165, 1.54) is 16.4 Å². The van der Waals surface area contributed by atoms with Gasteiger partial charge in [0.15, 0.2) is 0 Å². The smallest absolute Gasteiger partial charge is 0.243 e. The summed E-state index contributed by atoms with van der Waals surface area (Å²) < 4.78 is 39.9. The Morgan fingerprint density at radius 2 is 1.75 bits per heavy atom. The first-order chi connectivity index (χ1) is 9.34. The van der Waals surface area contributed by atoms with Crippen molar-refractivity contribution in [3.8, 4) is 0 Å². The summed E-state index contributed by atoms with van der Waals surface area (Å²) >= 11 is 0. The topological polar surface area (TPSA) is 57.6 Å². The molecule has 0 bridgehead atoms. The molecule has 0 fully saturated rings. The lowest BCUT2D eigenvalue weighted by Gasteiger charge is -2.23. The van der Waals surface area contributed by atoms with E-state index in [-0.39, 0.29) is 18.0 Å².